The largest absolute Gasteiger partial charge is 0.479 e. The van der Waals surface area contributed by atoms with Gasteiger partial charge in [0.05, 0.1) is 12.1 Å². The third kappa shape index (κ3) is 7.17. The molecule has 0 heterocycles. The van der Waals surface area contributed by atoms with Crippen molar-refractivity contribution in [1.29, 1.82) is 0 Å². The van der Waals surface area contributed by atoms with Crippen LogP contribution in [0.5, 0.6) is 0 Å². The van der Waals surface area contributed by atoms with Crippen molar-refractivity contribution in [2.24, 2.45) is 11.5 Å². The van der Waals surface area contributed by atoms with Crippen molar-refractivity contribution in [2.45, 2.75) is 50.8 Å². The zero-order valence-corrected chi connectivity index (χ0v) is 11.5. The summed E-state index contributed by atoms with van der Waals surface area (Å²) in [6, 6.07) is -1.63. The van der Waals surface area contributed by atoms with E-state index in [2.05, 4.69) is 5.32 Å². The fraction of sp³-hybridized carbons (Fsp3) is 0.750. The first-order chi connectivity index (χ1) is 9.29. The zero-order valence-electron chi connectivity index (χ0n) is 11.5. The second-order valence-electron chi connectivity index (χ2n) is 4.65. The number of rotatable bonds is 10. The highest BCUT2D eigenvalue weighted by Gasteiger charge is 2.24. The summed E-state index contributed by atoms with van der Waals surface area (Å²) in [5.41, 5.74) is 11.0. The lowest BCUT2D eigenvalue weighted by Gasteiger charge is -2.17. The summed E-state index contributed by atoms with van der Waals surface area (Å²) in [5, 5.41) is 19.9. The number of hydrogen-bond acceptors (Lipinski definition) is 6. The van der Waals surface area contributed by atoms with Crippen molar-refractivity contribution in [2.75, 3.05) is 6.54 Å². The van der Waals surface area contributed by atoms with Crippen LogP contribution in [0, 0.1) is 0 Å². The molecule has 7 N–H and O–H groups in total. The Morgan fingerprint density at radius 3 is 2.35 bits per heavy atom. The Labute approximate surface area is 117 Å². The van der Waals surface area contributed by atoms with Gasteiger partial charge >= 0.3 is 5.97 Å². The number of carboxylic acid groups (broad SMARTS) is 1. The minimum atomic E-state index is -1.76. The first-order valence-corrected chi connectivity index (χ1v) is 6.49. The summed E-state index contributed by atoms with van der Waals surface area (Å²) in [7, 11) is 0. The number of amides is 1. The monoisotopic (exact) mass is 289 g/mol. The molecule has 0 saturated carbocycles. The predicted molar refractivity (Wildman–Crippen MR) is 71.8 cm³/mol. The standard InChI is InChI=1S/C12H23N3O5/c1-7(9(16)6-10(17)12(19)20)15-11(18)8(14)4-2-3-5-13/h7-8,10,17H,2-6,13-14H2,1H3,(H,15,18)(H,19,20)/t7-,8-,10?/m0/s1. The van der Waals surface area contributed by atoms with E-state index in [0.717, 1.165) is 6.42 Å². The first kappa shape index (κ1) is 18.5. The van der Waals surface area contributed by atoms with Gasteiger partial charge in [-0.15, -0.1) is 0 Å². The van der Waals surface area contributed by atoms with Crippen molar-refractivity contribution in [3.8, 4) is 0 Å². The van der Waals surface area contributed by atoms with Crippen LogP contribution in [0.25, 0.3) is 0 Å². The summed E-state index contributed by atoms with van der Waals surface area (Å²) in [4.78, 5) is 33.7. The molecule has 0 spiro atoms. The van der Waals surface area contributed by atoms with Crippen LogP contribution in [0.1, 0.15) is 32.6 Å². The van der Waals surface area contributed by atoms with Gasteiger partial charge in [0, 0.05) is 6.42 Å². The predicted octanol–water partition coefficient (Wildman–Crippen LogP) is -1.65. The minimum absolute atomic E-state index is 0.460. The number of aliphatic hydroxyl groups excluding tert-OH is 1. The Balaban J connectivity index is 4.17. The molecule has 0 aliphatic carbocycles. The molecule has 0 aliphatic rings. The molecule has 0 radical (unpaired) electrons. The SMILES string of the molecule is C[C@H](NC(=O)[C@@H](N)CCCCN)C(=O)CC(O)C(=O)O. The highest BCUT2D eigenvalue weighted by Crippen LogP contribution is 2.01. The number of carbonyl (C=O) groups excluding carboxylic acids is 2. The van der Waals surface area contributed by atoms with Crippen LogP contribution in [0.3, 0.4) is 0 Å². The van der Waals surface area contributed by atoms with E-state index in [1.165, 1.54) is 6.92 Å². The van der Waals surface area contributed by atoms with Gasteiger partial charge in [0.1, 0.15) is 0 Å². The topological polar surface area (TPSA) is 156 Å². The van der Waals surface area contributed by atoms with Gasteiger partial charge in [0.2, 0.25) is 5.91 Å². The maximum Gasteiger partial charge on any atom is 0.332 e. The van der Waals surface area contributed by atoms with E-state index in [-0.39, 0.29) is 0 Å². The van der Waals surface area contributed by atoms with Crippen molar-refractivity contribution < 1.29 is 24.6 Å². The second-order valence-corrected chi connectivity index (χ2v) is 4.65. The molecule has 3 atom stereocenters. The van der Waals surface area contributed by atoms with Crippen LogP contribution in [0.4, 0.5) is 0 Å². The maximum absolute atomic E-state index is 11.7. The van der Waals surface area contributed by atoms with Crippen LogP contribution >= 0.6 is 0 Å². The number of aliphatic hydroxyl groups is 1. The number of nitrogens with one attached hydrogen (secondary N) is 1. The number of ketones is 1. The molecule has 20 heavy (non-hydrogen) atoms. The van der Waals surface area contributed by atoms with Crippen LogP contribution in [-0.4, -0.2) is 52.6 Å². The minimum Gasteiger partial charge on any atom is -0.479 e. The lowest BCUT2D eigenvalue weighted by molar-refractivity contribution is -0.149. The number of Topliss-reactive ketones (excluding diaryl/α,β-unsaturated/α-hetero) is 1. The summed E-state index contributed by atoms with van der Waals surface area (Å²) < 4.78 is 0. The smallest absolute Gasteiger partial charge is 0.332 e. The van der Waals surface area contributed by atoms with E-state index in [0.29, 0.717) is 19.4 Å². The molecule has 1 unspecified atom stereocenters. The summed E-state index contributed by atoms with van der Waals surface area (Å²) in [6.45, 7) is 1.94. The van der Waals surface area contributed by atoms with Crippen molar-refractivity contribution in [3.63, 3.8) is 0 Å². The molecule has 0 saturated heterocycles. The average Bonchev–Trinajstić information content (AvgIpc) is 2.38. The van der Waals surface area contributed by atoms with Gasteiger partial charge < -0.3 is 27.0 Å². The van der Waals surface area contributed by atoms with Crippen molar-refractivity contribution in [3.05, 3.63) is 0 Å². The van der Waals surface area contributed by atoms with Crippen LogP contribution in [-0.2, 0) is 14.4 Å². The molecular weight excluding hydrogens is 266 g/mol. The number of unbranched alkanes of at least 4 members (excludes halogenated alkanes) is 1. The van der Waals surface area contributed by atoms with E-state index in [1.54, 1.807) is 0 Å². The fourth-order valence-electron chi connectivity index (χ4n) is 1.50. The lowest BCUT2D eigenvalue weighted by Crippen LogP contribution is -2.47. The Bertz CT molecular complexity index is 348. The molecule has 0 fully saturated rings. The number of aliphatic carboxylic acids is 1. The zero-order chi connectivity index (χ0) is 15.7. The van der Waals surface area contributed by atoms with Gasteiger partial charge in [0.15, 0.2) is 11.9 Å². The molecule has 1 amide bonds. The summed E-state index contributed by atoms with van der Waals surface area (Å²) in [6.07, 6.45) is -0.383. The van der Waals surface area contributed by atoms with E-state index in [4.69, 9.17) is 21.7 Å². The van der Waals surface area contributed by atoms with Crippen molar-refractivity contribution in [1.82, 2.24) is 5.32 Å². The van der Waals surface area contributed by atoms with Gasteiger partial charge in [-0.25, -0.2) is 4.79 Å². The number of nitrogens with two attached hydrogens (primary N) is 2. The normalized spacial score (nSPS) is 15.2. The van der Waals surface area contributed by atoms with Crippen LogP contribution < -0.4 is 16.8 Å². The number of carboxylic acids is 1. The highest BCUT2D eigenvalue weighted by atomic mass is 16.4. The third-order valence-electron chi connectivity index (χ3n) is 2.83. The van der Waals surface area contributed by atoms with Crippen LogP contribution in [0.15, 0.2) is 0 Å². The van der Waals surface area contributed by atoms with Gasteiger partial charge in [-0.2, -0.15) is 0 Å². The van der Waals surface area contributed by atoms with Gasteiger partial charge in [-0.1, -0.05) is 6.42 Å². The molecule has 0 aromatic carbocycles. The average molecular weight is 289 g/mol. The molecule has 116 valence electrons. The van der Waals surface area contributed by atoms with Crippen molar-refractivity contribution >= 4 is 17.7 Å². The fourth-order valence-corrected chi connectivity index (χ4v) is 1.50. The summed E-state index contributed by atoms with van der Waals surface area (Å²) in [5.74, 6) is -2.52. The Morgan fingerprint density at radius 1 is 1.25 bits per heavy atom. The van der Waals surface area contributed by atoms with E-state index < -0.39 is 42.3 Å². The molecule has 0 aromatic rings. The van der Waals surface area contributed by atoms with Gasteiger partial charge in [-0.3, -0.25) is 9.59 Å². The van der Waals surface area contributed by atoms with Crippen LogP contribution in [0.2, 0.25) is 0 Å². The molecule has 0 aliphatic heterocycles. The molecule has 0 rings (SSSR count). The lowest BCUT2D eigenvalue weighted by atomic mass is 10.1. The van der Waals surface area contributed by atoms with Gasteiger partial charge in [-0.05, 0) is 26.3 Å². The number of hydrogen-bond donors (Lipinski definition) is 5. The number of carbonyl (C=O) groups is 3. The second kappa shape index (κ2) is 9.40. The molecule has 8 nitrogen and oxygen atoms in total. The Hall–Kier alpha value is -1.51. The third-order valence-corrected chi connectivity index (χ3v) is 2.83. The Morgan fingerprint density at radius 2 is 1.85 bits per heavy atom. The molecular formula is C12H23N3O5. The quantitative estimate of drug-likeness (QED) is 0.302. The molecule has 0 bridgehead atoms. The molecule has 0 aromatic heterocycles. The van der Waals surface area contributed by atoms with E-state index >= 15 is 0 Å². The van der Waals surface area contributed by atoms with E-state index in [9.17, 15) is 14.4 Å². The van der Waals surface area contributed by atoms with Gasteiger partial charge in [0.25, 0.3) is 0 Å². The maximum atomic E-state index is 11.7. The molecule has 8 heteroatoms. The highest BCUT2D eigenvalue weighted by molar-refractivity contribution is 5.92. The summed E-state index contributed by atoms with van der Waals surface area (Å²) >= 11 is 0. The first-order valence-electron chi connectivity index (χ1n) is 6.49. The Kier molecular flexibility index (Phi) is 8.69. The van der Waals surface area contributed by atoms with E-state index in [1.807, 2.05) is 0 Å².